The Kier molecular flexibility index (Phi) is 5.54. The molecule has 3 fully saturated rings. The molecular formula is C23H28ClFN4O. The molecule has 30 heavy (non-hydrogen) atoms. The number of fused-ring (bicyclic) bond motifs is 1. The van der Waals surface area contributed by atoms with E-state index < -0.39 is 0 Å². The fraction of sp³-hybridized carbons (Fsp3) is 0.565. The molecule has 1 aliphatic heterocycles. The monoisotopic (exact) mass is 430 g/mol. The van der Waals surface area contributed by atoms with Crippen molar-refractivity contribution >= 4 is 23.2 Å². The van der Waals surface area contributed by atoms with Gasteiger partial charge in [0.05, 0.1) is 10.7 Å². The Morgan fingerprint density at radius 2 is 2.10 bits per heavy atom. The SMILES string of the molecule is Fc1ccc(-c2cc(NC3CCCCC3)ncc2Cl)nc1NCC12CCOCC1C2. The number of rotatable bonds is 6. The van der Waals surface area contributed by atoms with Gasteiger partial charge in [0.2, 0.25) is 0 Å². The first kappa shape index (κ1) is 20.0. The Morgan fingerprint density at radius 1 is 1.23 bits per heavy atom. The second-order valence-electron chi connectivity index (χ2n) is 9.00. The molecule has 2 unspecified atom stereocenters. The molecule has 3 aliphatic rings. The summed E-state index contributed by atoms with van der Waals surface area (Å²) in [6.07, 6.45) is 9.96. The summed E-state index contributed by atoms with van der Waals surface area (Å²) in [5, 5.41) is 7.30. The van der Waals surface area contributed by atoms with Crippen LogP contribution in [0.2, 0.25) is 5.02 Å². The average Bonchev–Trinajstić information content (AvgIpc) is 3.50. The molecule has 2 atom stereocenters. The van der Waals surface area contributed by atoms with Crippen LogP contribution >= 0.6 is 11.6 Å². The summed E-state index contributed by atoms with van der Waals surface area (Å²) >= 11 is 6.43. The van der Waals surface area contributed by atoms with Crippen molar-refractivity contribution in [3.63, 3.8) is 0 Å². The Morgan fingerprint density at radius 3 is 2.93 bits per heavy atom. The van der Waals surface area contributed by atoms with Gasteiger partial charge in [-0.1, -0.05) is 30.9 Å². The quantitative estimate of drug-likeness (QED) is 0.631. The lowest BCUT2D eigenvalue weighted by molar-refractivity contribution is 0.0650. The molecule has 0 bridgehead atoms. The maximum Gasteiger partial charge on any atom is 0.165 e. The van der Waals surface area contributed by atoms with Crippen molar-refractivity contribution in [2.45, 2.75) is 51.0 Å². The van der Waals surface area contributed by atoms with Crippen molar-refractivity contribution in [3.05, 3.63) is 35.2 Å². The minimum atomic E-state index is -0.342. The van der Waals surface area contributed by atoms with Crippen molar-refractivity contribution in [3.8, 4) is 11.3 Å². The van der Waals surface area contributed by atoms with Gasteiger partial charge in [-0.2, -0.15) is 0 Å². The van der Waals surface area contributed by atoms with Gasteiger partial charge in [-0.05, 0) is 55.2 Å². The molecule has 2 aromatic rings. The molecule has 2 N–H and O–H groups in total. The highest BCUT2D eigenvalue weighted by atomic mass is 35.5. The Labute approximate surface area is 181 Å². The van der Waals surface area contributed by atoms with Gasteiger partial charge < -0.3 is 15.4 Å². The van der Waals surface area contributed by atoms with Crippen LogP contribution in [-0.2, 0) is 4.74 Å². The number of hydrogen-bond acceptors (Lipinski definition) is 5. The predicted molar refractivity (Wildman–Crippen MR) is 117 cm³/mol. The van der Waals surface area contributed by atoms with Crippen LogP contribution in [0, 0.1) is 17.2 Å². The number of anilines is 2. The standard InChI is InChI=1S/C23H28ClFN4O/c24-18-12-26-21(28-16-4-2-1-3-5-16)10-17(18)20-7-6-19(25)22(29-20)27-14-23-8-9-30-13-15(23)11-23/h6-7,10,12,15-16H,1-5,8-9,11,13-14H2,(H,26,28)(H,27,29). The third kappa shape index (κ3) is 4.12. The molecule has 7 heteroatoms. The zero-order valence-electron chi connectivity index (χ0n) is 17.1. The maximum atomic E-state index is 14.5. The normalized spacial score (nSPS) is 26.1. The molecule has 3 heterocycles. The number of nitrogens with zero attached hydrogens (tertiary/aromatic N) is 2. The minimum Gasteiger partial charge on any atom is -0.381 e. The van der Waals surface area contributed by atoms with E-state index >= 15 is 0 Å². The lowest BCUT2D eigenvalue weighted by Crippen LogP contribution is -2.25. The Balaban J connectivity index is 1.33. The topological polar surface area (TPSA) is 59.1 Å². The van der Waals surface area contributed by atoms with E-state index in [-0.39, 0.29) is 17.1 Å². The molecule has 2 saturated carbocycles. The third-order valence-corrected chi connectivity index (χ3v) is 7.27. The zero-order valence-corrected chi connectivity index (χ0v) is 17.8. The molecule has 5 nitrogen and oxygen atoms in total. The maximum absolute atomic E-state index is 14.5. The van der Waals surface area contributed by atoms with Crippen LogP contribution in [-0.4, -0.2) is 35.8 Å². The predicted octanol–water partition coefficient (Wildman–Crippen LogP) is 5.52. The van der Waals surface area contributed by atoms with Crippen LogP contribution in [0.3, 0.4) is 0 Å². The summed E-state index contributed by atoms with van der Waals surface area (Å²) in [6.45, 7) is 2.34. The Hall–Kier alpha value is -1.92. The molecule has 2 aromatic heterocycles. The second-order valence-corrected chi connectivity index (χ2v) is 9.40. The highest BCUT2D eigenvalue weighted by Crippen LogP contribution is 2.57. The summed E-state index contributed by atoms with van der Waals surface area (Å²) in [4.78, 5) is 9.01. The van der Waals surface area contributed by atoms with Crippen molar-refractivity contribution in [1.82, 2.24) is 9.97 Å². The Bertz CT molecular complexity index is 920. The molecule has 0 amide bonds. The van der Waals surface area contributed by atoms with E-state index in [0.717, 1.165) is 56.8 Å². The van der Waals surface area contributed by atoms with Gasteiger partial charge in [0, 0.05) is 37.6 Å². The van der Waals surface area contributed by atoms with E-state index in [4.69, 9.17) is 16.3 Å². The molecule has 5 rings (SSSR count). The zero-order chi connectivity index (χ0) is 20.6. The summed E-state index contributed by atoms with van der Waals surface area (Å²) in [6, 6.07) is 5.51. The smallest absolute Gasteiger partial charge is 0.165 e. The third-order valence-electron chi connectivity index (χ3n) is 6.96. The van der Waals surface area contributed by atoms with Crippen LogP contribution in [0.25, 0.3) is 11.3 Å². The van der Waals surface area contributed by atoms with Gasteiger partial charge in [-0.15, -0.1) is 0 Å². The van der Waals surface area contributed by atoms with Crippen LogP contribution in [0.4, 0.5) is 16.0 Å². The van der Waals surface area contributed by atoms with Gasteiger partial charge in [0.15, 0.2) is 11.6 Å². The highest BCUT2D eigenvalue weighted by molar-refractivity contribution is 6.33. The van der Waals surface area contributed by atoms with Crippen LogP contribution in [0.15, 0.2) is 24.4 Å². The molecule has 1 saturated heterocycles. The number of hydrogen-bond donors (Lipinski definition) is 2. The van der Waals surface area contributed by atoms with E-state index in [0.29, 0.717) is 22.7 Å². The summed E-state index contributed by atoms with van der Waals surface area (Å²) in [5.41, 5.74) is 1.66. The molecule has 2 aliphatic carbocycles. The first-order valence-corrected chi connectivity index (χ1v) is 11.4. The number of aromatic nitrogens is 2. The van der Waals surface area contributed by atoms with E-state index in [1.165, 1.54) is 25.3 Å². The number of pyridine rings is 2. The summed E-state index contributed by atoms with van der Waals surface area (Å²) < 4.78 is 20.0. The molecule has 160 valence electrons. The van der Waals surface area contributed by atoms with Crippen molar-refractivity contribution < 1.29 is 9.13 Å². The van der Waals surface area contributed by atoms with E-state index in [9.17, 15) is 4.39 Å². The number of halogens is 2. The van der Waals surface area contributed by atoms with E-state index in [1.54, 1.807) is 12.3 Å². The van der Waals surface area contributed by atoms with Crippen LogP contribution in [0.5, 0.6) is 0 Å². The van der Waals surface area contributed by atoms with Crippen molar-refractivity contribution in [2.75, 3.05) is 30.4 Å². The second kappa shape index (κ2) is 8.31. The number of ether oxygens (including phenoxy) is 1. The fourth-order valence-corrected chi connectivity index (χ4v) is 5.13. The lowest BCUT2D eigenvalue weighted by atomic mass is 9.95. The number of nitrogens with one attached hydrogen (secondary N) is 2. The van der Waals surface area contributed by atoms with Crippen LogP contribution in [0.1, 0.15) is 44.9 Å². The van der Waals surface area contributed by atoms with E-state index in [1.807, 2.05) is 6.07 Å². The molecule has 0 spiro atoms. The van der Waals surface area contributed by atoms with Gasteiger partial charge in [0.25, 0.3) is 0 Å². The fourth-order valence-electron chi connectivity index (χ4n) is 4.93. The molecule has 0 aromatic carbocycles. The molecular weight excluding hydrogens is 403 g/mol. The van der Waals surface area contributed by atoms with Gasteiger partial charge >= 0.3 is 0 Å². The van der Waals surface area contributed by atoms with Gasteiger partial charge in [0.1, 0.15) is 5.82 Å². The first-order chi connectivity index (χ1) is 14.6. The van der Waals surface area contributed by atoms with Crippen molar-refractivity contribution in [1.29, 1.82) is 0 Å². The van der Waals surface area contributed by atoms with Gasteiger partial charge in [-0.25, -0.2) is 14.4 Å². The average molecular weight is 431 g/mol. The first-order valence-electron chi connectivity index (χ1n) is 11.0. The summed E-state index contributed by atoms with van der Waals surface area (Å²) in [7, 11) is 0. The lowest BCUT2D eigenvalue weighted by Gasteiger charge is -2.23. The summed E-state index contributed by atoms with van der Waals surface area (Å²) in [5.74, 6) is 1.33. The van der Waals surface area contributed by atoms with E-state index in [2.05, 4.69) is 20.6 Å². The minimum absolute atomic E-state index is 0.244. The largest absolute Gasteiger partial charge is 0.381 e. The van der Waals surface area contributed by atoms with Crippen molar-refractivity contribution in [2.24, 2.45) is 11.3 Å². The van der Waals surface area contributed by atoms with Gasteiger partial charge in [-0.3, -0.25) is 0 Å². The molecule has 0 radical (unpaired) electrons. The van der Waals surface area contributed by atoms with Crippen LogP contribution < -0.4 is 10.6 Å². The highest BCUT2D eigenvalue weighted by Gasteiger charge is 2.55.